The highest BCUT2D eigenvalue weighted by Gasteiger charge is 2.44. The first-order chi connectivity index (χ1) is 17.1. The van der Waals surface area contributed by atoms with Crippen LogP contribution in [0.25, 0.3) is 11.3 Å². The number of amides is 1. The molecule has 3 aromatic rings. The van der Waals surface area contributed by atoms with Crippen LogP contribution in [-0.4, -0.2) is 16.7 Å². The predicted molar refractivity (Wildman–Crippen MR) is 140 cm³/mol. The smallest absolute Gasteiger partial charge is 0.255 e. The van der Waals surface area contributed by atoms with E-state index in [1.54, 1.807) is 18.3 Å². The second kappa shape index (κ2) is 9.10. The number of nitrogens with zero attached hydrogens (tertiary/aromatic N) is 1. The van der Waals surface area contributed by atoms with Crippen molar-refractivity contribution in [2.24, 2.45) is 5.41 Å². The van der Waals surface area contributed by atoms with E-state index < -0.39 is 5.92 Å². The number of carbonyl (C=O) groups excluding carboxylic acids is 2. The monoisotopic (exact) mass is 501 g/mol. The Hall–Kier alpha value is -3.64. The lowest BCUT2D eigenvalue weighted by Crippen LogP contribution is -2.39. The Labute approximate surface area is 215 Å². The van der Waals surface area contributed by atoms with E-state index in [-0.39, 0.29) is 17.1 Å². The first-order valence-corrected chi connectivity index (χ1v) is 12.3. The van der Waals surface area contributed by atoms with Crippen molar-refractivity contribution < 1.29 is 14.0 Å². The molecule has 3 heterocycles. The van der Waals surface area contributed by atoms with E-state index >= 15 is 0 Å². The van der Waals surface area contributed by atoms with Gasteiger partial charge in [0.2, 0.25) is 0 Å². The minimum Gasteiger partial charge on any atom is -0.460 e. The van der Waals surface area contributed by atoms with Gasteiger partial charge in [0.05, 0.1) is 11.5 Å². The predicted octanol–water partition coefficient (Wildman–Crippen LogP) is 6.55. The van der Waals surface area contributed by atoms with Gasteiger partial charge >= 0.3 is 0 Å². The van der Waals surface area contributed by atoms with Crippen LogP contribution in [-0.2, 0) is 9.59 Å². The summed E-state index contributed by atoms with van der Waals surface area (Å²) in [6.07, 6.45) is 2.81. The number of carbonyl (C=O) groups is 2. The molecular formula is C29H28ClN3O3. The third-order valence-electron chi connectivity index (χ3n) is 6.66. The highest BCUT2D eigenvalue weighted by molar-refractivity contribution is 6.30. The molecule has 2 aromatic heterocycles. The first-order valence-electron chi connectivity index (χ1n) is 11.9. The van der Waals surface area contributed by atoms with Gasteiger partial charge in [0.25, 0.3) is 5.91 Å². The van der Waals surface area contributed by atoms with Crippen LogP contribution in [0.15, 0.2) is 81.7 Å². The Kier molecular flexibility index (Phi) is 6.08. The lowest BCUT2D eigenvalue weighted by atomic mass is 9.69. The van der Waals surface area contributed by atoms with Gasteiger partial charge in [-0.05, 0) is 61.6 Å². The summed E-state index contributed by atoms with van der Waals surface area (Å²) in [7, 11) is 0. The van der Waals surface area contributed by atoms with E-state index in [2.05, 4.69) is 29.5 Å². The van der Waals surface area contributed by atoms with E-state index in [0.29, 0.717) is 52.0 Å². The Balaban J connectivity index is 1.59. The normalized spacial score (nSPS) is 19.1. The van der Waals surface area contributed by atoms with E-state index in [1.165, 1.54) is 0 Å². The van der Waals surface area contributed by atoms with Crippen LogP contribution in [0.3, 0.4) is 0 Å². The molecule has 0 saturated carbocycles. The number of aryl methyl sites for hydroxylation is 1. The molecule has 2 aliphatic rings. The molecule has 0 radical (unpaired) electrons. The summed E-state index contributed by atoms with van der Waals surface area (Å²) in [4.78, 5) is 31.4. The summed E-state index contributed by atoms with van der Waals surface area (Å²) in [6, 6.07) is 14.7. The maximum absolute atomic E-state index is 13.6. The molecule has 2 N–H and O–H groups in total. The Morgan fingerprint density at radius 2 is 1.94 bits per heavy atom. The first kappa shape index (κ1) is 24.1. The summed E-state index contributed by atoms with van der Waals surface area (Å²) in [6.45, 7) is 7.96. The van der Waals surface area contributed by atoms with E-state index in [1.807, 2.05) is 50.2 Å². The Bertz CT molecular complexity index is 1430. The number of nitrogens with one attached hydrogen (secondary N) is 2. The number of ketones is 1. The topological polar surface area (TPSA) is 84.2 Å². The number of anilines is 1. The number of furan rings is 1. The molecule has 1 aromatic carbocycles. The standard InChI is InChI=1S/C29H28ClN3O3/c1-16-8-11-24(31-15-16)33-28(35)25-17(2)32-20-13-29(3,4)14-21(34)26(20)27(25)23-10-9-22(36-23)18-6-5-7-19(30)12-18/h5-12,15,27,32H,13-14H2,1-4H3,(H,31,33,35)/t27-/m1/s1. The van der Waals surface area contributed by atoms with Crippen LogP contribution in [0, 0.1) is 12.3 Å². The van der Waals surface area contributed by atoms with Gasteiger partial charge in [-0.3, -0.25) is 9.59 Å². The fraction of sp³-hybridized carbons (Fsp3) is 0.276. The van der Waals surface area contributed by atoms with Crippen LogP contribution in [0.2, 0.25) is 5.02 Å². The molecule has 5 rings (SSSR count). The lowest BCUT2D eigenvalue weighted by Gasteiger charge is -2.38. The molecule has 0 unspecified atom stereocenters. The van der Waals surface area contributed by atoms with Crippen LogP contribution in [0.5, 0.6) is 0 Å². The van der Waals surface area contributed by atoms with Gasteiger partial charge in [-0.2, -0.15) is 0 Å². The van der Waals surface area contributed by atoms with E-state index in [4.69, 9.17) is 16.0 Å². The van der Waals surface area contributed by atoms with Gasteiger partial charge in [0, 0.05) is 40.2 Å². The number of dihydropyridines is 1. The van der Waals surface area contributed by atoms with Crippen molar-refractivity contribution in [3.8, 4) is 11.3 Å². The molecule has 1 atom stereocenters. The molecule has 1 aliphatic heterocycles. The number of Topliss-reactive ketones (excluding diaryl/α,β-unsaturated/α-hetero) is 1. The second-order valence-corrected chi connectivity index (χ2v) is 10.8. The molecule has 6 nitrogen and oxygen atoms in total. The Morgan fingerprint density at radius 1 is 1.14 bits per heavy atom. The van der Waals surface area contributed by atoms with Gasteiger partial charge in [-0.25, -0.2) is 4.98 Å². The zero-order chi connectivity index (χ0) is 25.6. The van der Waals surface area contributed by atoms with Crippen LogP contribution >= 0.6 is 11.6 Å². The molecule has 1 amide bonds. The van der Waals surface area contributed by atoms with Crippen LogP contribution < -0.4 is 10.6 Å². The molecule has 0 saturated heterocycles. The maximum atomic E-state index is 13.6. The number of pyridine rings is 1. The fourth-order valence-electron chi connectivity index (χ4n) is 5.05. The number of aromatic nitrogens is 1. The van der Waals surface area contributed by atoms with Gasteiger partial charge in [0.15, 0.2) is 5.78 Å². The van der Waals surface area contributed by atoms with Crippen molar-refractivity contribution in [1.82, 2.24) is 10.3 Å². The summed E-state index contributed by atoms with van der Waals surface area (Å²) in [5, 5.41) is 6.87. The lowest BCUT2D eigenvalue weighted by molar-refractivity contribution is -0.118. The van der Waals surface area contributed by atoms with Crippen LogP contribution in [0.1, 0.15) is 50.9 Å². The molecule has 184 valence electrons. The second-order valence-electron chi connectivity index (χ2n) is 10.3. The summed E-state index contributed by atoms with van der Waals surface area (Å²) in [5.41, 5.74) is 4.22. The number of halogens is 1. The van der Waals surface area contributed by atoms with Crippen molar-refractivity contribution in [3.63, 3.8) is 0 Å². The van der Waals surface area contributed by atoms with Crippen molar-refractivity contribution in [1.29, 1.82) is 0 Å². The Morgan fingerprint density at radius 3 is 2.67 bits per heavy atom. The number of rotatable bonds is 4. The minimum atomic E-state index is -0.636. The van der Waals surface area contributed by atoms with Crippen molar-refractivity contribution in [2.45, 2.75) is 46.5 Å². The average Bonchev–Trinajstić information content (AvgIpc) is 3.29. The SMILES string of the molecule is CC1=C(C(=O)Nc2ccc(C)cn2)[C@@H](c2ccc(-c3cccc(Cl)c3)o2)C2=C(CC(C)(C)CC2=O)N1. The average molecular weight is 502 g/mol. The third-order valence-corrected chi connectivity index (χ3v) is 6.89. The molecule has 7 heteroatoms. The minimum absolute atomic E-state index is 0.0192. The third kappa shape index (κ3) is 4.61. The number of hydrogen-bond donors (Lipinski definition) is 2. The molecule has 0 spiro atoms. The summed E-state index contributed by atoms with van der Waals surface area (Å²) < 4.78 is 6.31. The molecule has 0 fully saturated rings. The highest BCUT2D eigenvalue weighted by Crippen LogP contribution is 2.47. The molecule has 36 heavy (non-hydrogen) atoms. The highest BCUT2D eigenvalue weighted by atomic mass is 35.5. The number of hydrogen-bond acceptors (Lipinski definition) is 5. The molecular weight excluding hydrogens is 474 g/mol. The van der Waals surface area contributed by atoms with Crippen molar-refractivity contribution >= 4 is 29.1 Å². The zero-order valence-corrected chi connectivity index (χ0v) is 21.5. The fourth-order valence-corrected chi connectivity index (χ4v) is 5.24. The molecule has 0 bridgehead atoms. The van der Waals surface area contributed by atoms with Crippen molar-refractivity contribution in [2.75, 3.05) is 5.32 Å². The van der Waals surface area contributed by atoms with Gasteiger partial charge < -0.3 is 15.1 Å². The van der Waals surface area contributed by atoms with E-state index in [9.17, 15) is 9.59 Å². The largest absolute Gasteiger partial charge is 0.460 e. The van der Waals surface area contributed by atoms with Gasteiger partial charge in [0.1, 0.15) is 17.3 Å². The quantitative estimate of drug-likeness (QED) is 0.423. The number of allylic oxidation sites excluding steroid dienone is 3. The number of benzene rings is 1. The van der Waals surface area contributed by atoms with Crippen LogP contribution in [0.4, 0.5) is 5.82 Å². The van der Waals surface area contributed by atoms with E-state index in [0.717, 1.165) is 16.8 Å². The molecule has 1 aliphatic carbocycles. The maximum Gasteiger partial charge on any atom is 0.255 e. The zero-order valence-electron chi connectivity index (χ0n) is 20.7. The summed E-state index contributed by atoms with van der Waals surface area (Å²) in [5.74, 6) is 0.655. The van der Waals surface area contributed by atoms with Gasteiger partial charge in [-0.15, -0.1) is 0 Å². The van der Waals surface area contributed by atoms with Gasteiger partial charge in [-0.1, -0.05) is 43.6 Å². The van der Waals surface area contributed by atoms with Crippen molar-refractivity contribution in [3.05, 3.63) is 93.6 Å². The summed E-state index contributed by atoms with van der Waals surface area (Å²) >= 11 is 6.19.